The summed E-state index contributed by atoms with van der Waals surface area (Å²) in [6.45, 7) is 3.76. The van der Waals surface area contributed by atoms with Gasteiger partial charge in [-0.05, 0) is 49.2 Å². The van der Waals surface area contributed by atoms with Crippen molar-refractivity contribution >= 4 is 22.8 Å². The number of fused-ring (bicyclic) bond motifs is 1. The van der Waals surface area contributed by atoms with E-state index in [1.54, 1.807) is 11.8 Å². The van der Waals surface area contributed by atoms with Gasteiger partial charge in [-0.15, -0.1) is 11.8 Å². The molecular formula is C26H25F3N2OS. The van der Waals surface area contributed by atoms with Crippen molar-refractivity contribution < 1.29 is 17.9 Å². The number of ether oxygens (including phenoxy) is 1. The summed E-state index contributed by atoms with van der Waals surface area (Å²) in [7, 11) is 0. The number of hydrogen-bond donors (Lipinski definition) is 0. The maximum Gasteiger partial charge on any atom is 0.416 e. The summed E-state index contributed by atoms with van der Waals surface area (Å²) < 4.78 is 47.6. The molecule has 0 aliphatic heterocycles. The van der Waals surface area contributed by atoms with E-state index in [1.165, 1.54) is 6.07 Å². The highest BCUT2D eigenvalue weighted by atomic mass is 32.2. The van der Waals surface area contributed by atoms with Gasteiger partial charge in [0.2, 0.25) is 0 Å². The van der Waals surface area contributed by atoms with Crippen LogP contribution >= 0.6 is 11.8 Å². The van der Waals surface area contributed by atoms with Gasteiger partial charge < -0.3 is 9.30 Å². The lowest BCUT2D eigenvalue weighted by Gasteiger charge is -2.19. The van der Waals surface area contributed by atoms with Crippen LogP contribution < -0.4 is 0 Å². The number of imidazole rings is 1. The van der Waals surface area contributed by atoms with E-state index in [0.717, 1.165) is 34.8 Å². The Hall–Kier alpha value is -2.77. The molecule has 0 aliphatic rings. The zero-order chi connectivity index (χ0) is 23.3. The number of nitrogens with zero attached hydrogens (tertiary/aromatic N) is 2. The quantitative estimate of drug-likeness (QED) is 0.189. The summed E-state index contributed by atoms with van der Waals surface area (Å²) in [5.74, 6) is 0.737. The average molecular weight is 471 g/mol. The molecule has 3 aromatic carbocycles. The van der Waals surface area contributed by atoms with Gasteiger partial charge in [-0.1, -0.05) is 48.5 Å². The fraction of sp³-hybridized carbons (Fsp3) is 0.269. The minimum Gasteiger partial charge on any atom is -0.382 e. The maximum absolute atomic E-state index is 13.4. The fourth-order valence-corrected chi connectivity index (χ4v) is 4.93. The maximum atomic E-state index is 13.4. The van der Waals surface area contributed by atoms with Crippen LogP contribution in [-0.2, 0) is 17.5 Å². The largest absolute Gasteiger partial charge is 0.416 e. The van der Waals surface area contributed by atoms with E-state index >= 15 is 0 Å². The summed E-state index contributed by atoms with van der Waals surface area (Å²) in [5.41, 5.74) is 1.41. The second-order valence-corrected chi connectivity index (χ2v) is 8.77. The van der Waals surface area contributed by atoms with E-state index in [0.29, 0.717) is 30.8 Å². The van der Waals surface area contributed by atoms with Gasteiger partial charge in [-0.3, -0.25) is 0 Å². The van der Waals surface area contributed by atoms with Gasteiger partial charge in [-0.2, -0.15) is 13.2 Å². The average Bonchev–Trinajstić information content (AvgIpc) is 3.18. The lowest BCUT2D eigenvalue weighted by Crippen LogP contribution is -2.10. The zero-order valence-corrected chi connectivity index (χ0v) is 19.1. The highest BCUT2D eigenvalue weighted by Gasteiger charge is 2.32. The van der Waals surface area contributed by atoms with E-state index in [9.17, 15) is 13.2 Å². The summed E-state index contributed by atoms with van der Waals surface area (Å²) in [6.07, 6.45) is -3.67. The van der Waals surface area contributed by atoms with Crippen LogP contribution in [0.1, 0.15) is 35.5 Å². The fourth-order valence-electron chi connectivity index (χ4n) is 3.76. The molecule has 0 spiro atoms. The van der Waals surface area contributed by atoms with E-state index < -0.39 is 11.7 Å². The Morgan fingerprint density at radius 1 is 0.970 bits per heavy atom. The van der Waals surface area contributed by atoms with E-state index in [-0.39, 0.29) is 5.25 Å². The summed E-state index contributed by atoms with van der Waals surface area (Å²) in [5, 5.41) is -0.178. The van der Waals surface area contributed by atoms with Crippen LogP contribution in [-0.4, -0.2) is 22.8 Å². The second-order valence-electron chi connectivity index (χ2n) is 7.59. The number of rotatable bonds is 9. The summed E-state index contributed by atoms with van der Waals surface area (Å²) >= 11 is 1.64. The predicted molar refractivity (Wildman–Crippen MR) is 126 cm³/mol. The Morgan fingerprint density at radius 3 is 2.33 bits per heavy atom. The van der Waals surface area contributed by atoms with Crippen molar-refractivity contribution in [2.24, 2.45) is 0 Å². The first-order valence-corrected chi connectivity index (χ1v) is 11.8. The number of aryl methyl sites for hydroxylation is 1. The van der Waals surface area contributed by atoms with Crippen molar-refractivity contribution in [1.29, 1.82) is 0 Å². The van der Waals surface area contributed by atoms with Crippen LogP contribution in [0.2, 0.25) is 0 Å². The molecule has 1 aromatic heterocycles. The normalized spacial score (nSPS) is 12.8. The first kappa shape index (κ1) is 23.4. The van der Waals surface area contributed by atoms with Gasteiger partial charge >= 0.3 is 6.18 Å². The van der Waals surface area contributed by atoms with Crippen molar-refractivity contribution in [3.63, 3.8) is 0 Å². The highest BCUT2D eigenvalue weighted by Crippen LogP contribution is 2.41. The van der Waals surface area contributed by atoms with Crippen molar-refractivity contribution in [2.45, 2.75) is 36.2 Å². The minimum atomic E-state index is -4.41. The Morgan fingerprint density at radius 2 is 1.67 bits per heavy atom. The minimum absolute atomic E-state index is 0.178. The molecule has 0 saturated carbocycles. The number of hydrogen-bond acceptors (Lipinski definition) is 3. The standard InChI is InChI=1S/C26H25F3N2OS/c1-2-32-17-9-16-31-23-15-14-20(26(27,28)29)18-22(23)30-25(31)24(19-10-5-3-6-11-19)33-21-12-7-4-8-13-21/h3-8,10-15,18,24H,2,9,16-17H2,1H3. The third-order valence-electron chi connectivity index (χ3n) is 5.31. The third-order valence-corrected chi connectivity index (χ3v) is 6.58. The summed E-state index contributed by atoms with van der Waals surface area (Å²) in [6, 6.07) is 23.8. The molecule has 1 unspecified atom stereocenters. The topological polar surface area (TPSA) is 27.1 Å². The van der Waals surface area contributed by atoms with Gasteiger partial charge in [0, 0.05) is 24.7 Å². The Bertz CT molecular complexity index is 1180. The number of thioether (sulfide) groups is 1. The van der Waals surface area contributed by atoms with Gasteiger partial charge in [0.15, 0.2) is 0 Å². The van der Waals surface area contributed by atoms with Crippen LogP contribution in [0.15, 0.2) is 83.8 Å². The highest BCUT2D eigenvalue weighted by molar-refractivity contribution is 7.99. The van der Waals surface area contributed by atoms with Crippen LogP contribution in [0.25, 0.3) is 11.0 Å². The molecule has 0 amide bonds. The SMILES string of the molecule is CCOCCCn1c(C(Sc2ccccc2)c2ccccc2)nc2cc(C(F)(F)F)ccc21. The number of halogens is 3. The Kier molecular flexibility index (Phi) is 7.40. The van der Waals surface area contributed by atoms with Crippen molar-refractivity contribution in [1.82, 2.24) is 9.55 Å². The number of benzene rings is 3. The summed E-state index contributed by atoms with van der Waals surface area (Å²) in [4.78, 5) is 5.82. The number of alkyl halides is 3. The second kappa shape index (κ2) is 10.4. The molecule has 33 heavy (non-hydrogen) atoms. The Labute approximate surface area is 195 Å². The van der Waals surface area contributed by atoms with Crippen molar-refractivity contribution in [3.05, 3.63) is 95.8 Å². The third kappa shape index (κ3) is 5.60. The molecule has 0 fully saturated rings. The van der Waals surface area contributed by atoms with Crippen LogP contribution in [0.3, 0.4) is 0 Å². The van der Waals surface area contributed by atoms with E-state index in [2.05, 4.69) is 0 Å². The monoisotopic (exact) mass is 470 g/mol. The molecular weight excluding hydrogens is 445 g/mol. The Balaban J connectivity index is 1.82. The molecule has 1 atom stereocenters. The predicted octanol–water partition coefficient (Wildman–Crippen LogP) is 7.36. The lowest BCUT2D eigenvalue weighted by atomic mass is 10.1. The van der Waals surface area contributed by atoms with E-state index in [1.807, 2.05) is 72.2 Å². The first-order chi connectivity index (χ1) is 16.0. The molecule has 4 aromatic rings. The molecule has 4 rings (SSSR count). The van der Waals surface area contributed by atoms with Crippen LogP contribution in [0.5, 0.6) is 0 Å². The van der Waals surface area contributed by atoms with Crippen LogP contribution in [0.4, 0.5) is 13.2 Å². The van der Waals surface area contributed by atoms with Gasteiger partial charge in [0.1, 0.15) is 5.82 Å². The van der Waals surface area contributed by atoms with Crippen LogP contribution in [0, 0.1) is 0 Å². The molecule has 1 heterocycles. The lowest BCUT2D eigenvalue weighted by molar-refractivity contribution is -0.137. The molecule has 0 bridgehead atoms. The molecule has 0 radical (unpaired) electrons. The smallest absolute Gasteiger partial charge is 0.382 e. The molecule has 3 nitrogen and oxygen atoms in total. The van der Waals surface area contributed by atoms with Crippen molar-refractivity contribution in [2.75, 3.05) is 13.2 Å². The van der Waals surface area contributed by atoms with Gasteiger partial charge in [0.25, 0.3) is 0 Å². The molecule has 7 heteroatoms. The molecule has 0 aliphatic carbocycles. The molecule has 0 N–H and O–H groups in total. The zero-order valence-electron chi connectivity index (χ0n) is 18.3. The first-order valence-electron chi connectivity index (χ1n) is 10.9. The molecule has 172 valence electrons. The molecule has 0 saturated heterocycles. The van der Waals surface area contributed by atoms with Crippen molar-refractivity contribution in [3.8, 4) is 0 Å². The number of aromatic nitrogens is 2. The van der Waals surface area contributed by atoms with Gasteiger partial charge in [-0.25, -0.2) is 4.98 Å². The van der Waals surface area contributed by atoms with Gasteiger partial charge in [0.05, 0.1) is 21.8 Å². The van der Waals surface area contributed by atoms with E-state index in [4.69, 9.17) is 9.72 Å².